The van der Waals surface area contributed by atoms with Crippen molar-refractivity contribution in [3.05, 3.63) is 0 Å². The molecule has 0 aliphatic heterocycles. The number of likely N-dealkylation sites (N-methyl/N-ethyl adjacent to an activating group) is 1. The summed E-state index contributed by atoms with van der Waals surface area (Å²) in [4.78, 5) is 0. The lowest BCUT2D eigenvalue weighted by atomic mass is 10.1. The predicted molar refractivity (Wildman–Crippen MR) is 86.5 cm³/mol. The molecule has 5 heteroatoms. The first-order valence-electron chi connectivity index (χ1n) is 8.18. The van der Waals surface area contributed by atoms with Crippen molar-refractivity contribution in [2.24, 2.45) is 0 Å². The second-order valence-electron chi connectivity index (χ2n) is 6.04. The average molecular weight is 304 g/mol. The zero-order chi connectivity index (χ0) is 15.0. The number of rotatable bonds is 10. The molecule has 0 bridgehead atoms. The highest BCUT2D eigenvalue weighted by atomic mass is 31.2. The van der Waals surface area contributed by atoms with Gasteiger partial charge in [-0.3, -0.25) is 4.57 Å². The standard InChI is InChI=1S/C15H33N2O2P/c1-5-6-7-8-10-13(2)20(18,19-4)17-15-12-9-11-14(15)16-3/h13-16H,5-12H2,1-4H3,(H,17,18). The van der Waals surface area contributed by atoms with Crippen LogP contribution in [0.15, 0.2) is 0 Å². The summed E-state index contributed by atoms with van der Waals surface area (Å²) in [6.45, 7) is 4.27. The van der Waals surface area contributed by atoms with Gasteiger partial charge in [-0.15, -0.1) is 0 Å². The maximum absolute atomic E-state index is 13.0. The maximum Gasteiger partial charge on any atom is 0.272 e. The van der Waals surface area contributed by atoms with E-state index in [2.05, 4.69) is 24.3 Å². The second-order valence-corrected chi connectivity index (χ2v) is 8.74. The van der Waals surface area contributed by atoms with Crippen molar-refractivity contribution in [2.45, 2.75) is 83.0 Å². The van der Waals surface area contributed by atoms with Gasteiger partial charge in [0.1, 0.15) is 0 Å². The van der Waals surface area contributed by atoms with E-state index in [0.717, 1.165) is 25.7 Å². The predicted octanol–water partition coefficient (Wildman–Crippen LogP) is 3.91. The van der Waals surface area contributed by atoms with Gasteiger partial charge in [0, 0.05) is 24.9 Å². The lowest BCUT2D eigenvalue weighted by molar-refractivity contribution is 0.352. The maximum atomic E-state index is 13.0. The van der Waals surface area contributed by atoms with E-state index in [1.807, 2.05) is 7.05 Å². The van der Waals surface area contributed by atoms with Crippen LogP contribution in [0.4, 0.5) is 0 Å². The molecule has 0 aromatic heterocycles. The molecule has 0 aromatic carbocycles. The molecule has 4 unspecified atom stereocenters. The summed E-state index contributed by atoms with van der Waals surface area (Å²) >= 11 is 0. The van der Waals surface area contributed by atoms with Crippen LogP contribution in [0.25, 0.3) is 0 Å². The minimum atomic E-state index is -2.73. The Kier molecular flexibility index (Phi) is 8.35. The van der Waals surface area contributed by atoms with Gasteiger partial charge in [-0.25, -0.2) is 5.09 Å². The topological polar surface area (TPSA) is 50.4 Å². The van der Waals surface area contributed by atoms with Crippen molar-refractivity contribution in [3.63, 3.8) is 0 Å². The molecule has 120 valence electrons. The van der Waals surface area contributed by atoms with Crippen molar-refractivity contribution in [1.82, 2.24) is 10.4 Å². The van der Waals surface area contributed by atoms with Crippen LogP contribution < -0.4 is 10.4 Å². The average Bonchev–Trinajstić information content (AvgIpc) is 2.90. The number of hydrogen-bond donors (Lipinski definition) is 2. The monoisotopic (exact) mass is 304 g/mol. The Hall–Kier alpha value is 0.110. The van der Waals surface area contributed by atoms with E-state index >= 15 is 0 Å². The van der Waals surface area contributed by atoms with E-state index in [9.17, 15) is 4.57 Å². The molecule has 1 aliphatic carbocycles. The molecule has 2 N–H and O–H groups in total. The van der Waals surface area contributed by atoms with Crippen LogP contribution in [-0.2, 0) is 9.09 Å². The normalized spacial score (nSPS) is 27.4. The lowest BCUT2D eigenvalue weighted by Gasteiger charge is -2.29. The van der Waals surface area contributed by atoms with Crippen LogP contribution in [0.1, 0.15) is 65.2 Å². The Labute approximate surface area is 124 Å². The van der Waals surface area contributed by atoms with Gasteiger partial charge in [0.15, 0.2) is 0 Å². The van der Waals surface area contributed by atoms with Crippen LogP contribution in [0.5, 0.6) is 0 Å². The van der Waals surface area contributed by atoms with Gasteiger partial charge in [-0.1, -0.05) is 46.0 Å². The molecule has 0 amide bonds. The molecule has 0 heterocycles. The molecule has 1 rings (SSSR count). The highest BCUT2D eigenvalue weighted by Crippen LogP contribution is 2.50. The van der Waals surface area contributed by atoms with Crippen molar-refractivity contribution in [3.8, 4) is 0 Å². The second kappa shape index (κ2) is 9.19. The van der Waals surface area contributed by atoms with Crippen molar-refractivity contribution in [2.75, 3.05) is 14.2 Å². The van der Waals surface area contributed by atoms with E-state index < -0.39 is 7.52 Å². The number of hydrogen-bond acceptors (Lipinski definition) is 3. The number of nitrogens with one attached hydrogen (secondary N) is 2. The van der Waals surface area contributed by atoms with E-state index in [1.165, 1.54) is 25.7 Å². The first kappa shape index (κ1) is 18.2. The largest absolute Gasteiger partial charge is 0.321 e. The molecule has 4 nitrogen and oxygen atoms in total. The zero-order valence-corrected chi connectivity index (χ0v) is 14.5. The SMILES string of the molecule is CCCCCCC(C)P(=O)(NC1CCCC1NC)OC. The van der Waals surface area contributed by atoms with Crippen LogP contribution in [0, 0.1) is 0 Å². The minimum absolute atomic E-state index is 0.0995. The van der Waals surface area contributed by atoms with Crippen LogP contribution in [0.3, 0.4) is 0 Å². The Morgan fingerprint density at radius 2 is 1.95 bits per heavy atom. The van der Waals surface area contributed by atoms with Gasteiger partial charge < -0.3 is 9.84 Å². The summed E-state index contributed by atoms with van der Waals surface area (Å²) in [6.07, 6.45) is 9.29. The third-order valence-corrected chi connectivity index (χ3v) is 7.21. The van der Waals surface area contributed by atoms with E-state index in [0.29, 0.717) is 6.04 Å². The molecular weight excluding hydrogens is 271 g/mol. The van der Waals surface area contributed by atoms with Crippen molar-refractivity contribution in [1.29, 1.82) is 0 Å². The Bertz CT molecular complexity index is 312. The highest BCUT2D eigenvalue weighted by molar-refractivity contribution is 7.57. The molecule has 4 atom stereocenters. The van der Waals surface area contributed by atoms with Crippen LogP contribution in [-0.4, -0.2) is 31.9 Å². The van der Waals surface area contributed by atoms with Crippen molar-refractivity contribution >= 4 is 7.52 Å². The van der Waals surface area contributed by atoms with Gasteiger partial charge in [-0.2, -0.15) is 0 Å². The van der Waals surface area contributed by atoms with E-state index in [-0.39, 0.29) is 11.7 Å². The summed E-state index contributed by atoms with van der Waals surface area (Å²) in [7, 11) is 0.836. The van der Waals surface area contributed by atoms with Gasteiger partial charge in [0.25, 0.3) is 7.52 Å². The summed E-state index contributed by atoms with van der Waals surface area (Å²) in [5.41, 5.74) is 0.0995. The third-order valence-electron chi connectivity index (χ3n) is 4.56. The fraction of sp³-hybridized carbons (Fsp3) is 1.00. The minimum Gasteiger partial charge on any atom is -0.321 e. The molecule has 0 radical (unpaired) electrons. The fourth-order valence-electron chi connectivity index (χ4n) is 3.09. The highest BCUT2D eigenvalue weighted by Gasteiger charge is 2.36. The summed E-state index contributed by atoms with van der Waals surface area (Å²) in [6, 6.07) is 0.703. The van der Waals surface area contributed by atoms with Crippen LogP contribution in [0.2, 0.25) is 0 Å². The molecule has 1 saturated carbocycles. The first-order chi connectivity index (χ1) is 9.57. The van der Waals surface area contributed by atoms with E-state index in [1.54, 1.807) is 7.11 Å². The molecule has 1 aliphatic rings. The summed E-state index contributed by atoms with van der Waals surface area (Å²) in [5, 5.41) is 6.67. The van der Waals surface area contributed by atoms with E-state index in [4.69, 9.17) is 4.52 Å². The molecule has 0 aromatic rings. The molecule has 20 heavy (non-hydrogen) atoms. The Balaban J connectivity index is 2.50. The summed E-state index contributed by atoms with van der Waals surface area (Å²) < 4.78 is 18.4. The molecule has 0 spiro atoms. The quantitative estimate of drug-likeness (QED) is 0.474. The number of unbranched alkanes of at least 4 members (excludes halogenated alkanes) is 3. The summed E-state index contributed by atoms with van der Waals surface area (Å²) in [5.74, 6) is 0. The van der Waals surface area contributed by atoms with Gasteiger partial charge >= 0.3 is 0 Å². The third kappa shape index (κ3) is 5.14. The molecular formula is C15H33N2O2P. The fourth-order valence-corrected chi connectivity index (χ4v) is 5.10. The molecule has 0 saturated heterocycles. The Morgan fingerprint density at radius 1 is 1.25 bits per heavy atom. The van der Waals surface area contributed by atoms with Crippen molar-refractivity contribution < 1.29 is 9.09 Å². The smallest absolute Gasteiger partial charge is 0.272 e. The van der Waals surface area contributed by atoms with Gasteiger partial charge in [-0.05, 0) is 26.3 Å². The lowest BCUT2D eigenvalue weighted by Crippen LogP contribution is -2.42. The zero-order valence-electron chi connectivity index (χ0n) is 13.7. The molecule has 1 fully saturated rings. The first-order valence-corrected chi connectivity index (χ1v) is 9.87. The van der Waals surface area contributed by atoms with Gasteiger partial charge in [0.2, 0.25) is 0 Å². The Morgan fingerprint density at radius 3 is 2.55 bits per heavy atom. The van der Waals surface area contributed by atoms with Gasteiger partial charge in [0.05, 0.1) is 0 Å². The van der Waals surface area contributed by atoms with Crippen LogP contribution >= 0.6 is 7.52 Å².